The average molecular weight is 525 g/mol. The summed E-state index contributed by atoms with van der Waals surface area (Å²) in [4.78, 5) is 4.32. The fraction of sp³-hybridized carbons (Fsp3) is 0.286. The minimum Gasteiger partial charge on any atom is -0.355 e. The lowest BCUT2D eigenvalue weighted by molar-refractivity contribution is 0.632. The van der Waals surface area contributed by atoms with Crippen molar-refractivity contribution < 1.29 is 0 Å². The van der Waals surface area contributed by atoms with Crippen LogP contribution in [0.15, 0.2) is 59.9 Å². The van der Waals surface area contributed by atoms with E-state index in [0.717, 1.165) is 41.9 Å². The van der Waals surface area contributed by atoms with E-state index in [0.29, 0.717) is 6.54 Å². The summed E-state index contributed by atoms with van der Waals surface area (Å²) in [5, 5.41) is 15.5. The Balaban J connectivity index is 0.00000300. The van der Waals surface area contributed by atoms with Crippen LogP contribution >= 0.6 is 35.6 Å². The highest BCUT2D eigenvalue weighted by atomic mass is 127. The van der Waals surface area contributed by atoms with Gasteiger partial charge in [-0.2, -0.15) is 0 Å². The molecule has 6 nitrogen and oxygen atoms in total. The molecule has 3 aromatic rings. The van der Waals surface area contributed by atoms with Gasteiger partial charge in [0.15, 0.2) is 5.96 Å². The number of rotatable bonds is 7. The summed E-state index contributed by atoms with van der Waals surface area (Å²) in [6, 6.07) is 16.2. The predicted molar refractivity (Wildman–Crippen MR) is 130 cm³/mol. The van der Waals surface area contributed by atoms with Crippen molar-refractivity contribution >= 4 is 41.5 Å². The van der Waals surface area contributed by atoms with Crippen molar-refractivity contribution in [3.05, 3.63) is 71.3 Å². The molecule has 2 aromatic carbocycles. The molecule has 0 bridgehead atoms. The van der Waals surface area contributed by atoms with Gasteiger partial charge in [-0.05, 0) is 28.8 Å². The molecule has 8 heteroatoms. The van der Waals surface area contributed by atoms with E-state index in [-0.39, 0.29) is 24.0 Å². The summed E-state index contributed by atoms with van der Waals surface area (Å²) in [5.41, 5.74) is 3.52. The van der Waals surface area contributed by atoms with Crippen molar-refractivity contribution in [2.24, 2.45) is 4.99 Å². The topological polar surface area (TPSA) is 67.1 Å². The number of hydrogen-bond acceptors (Lipinski definition) is 3. The molecule has 0 saturated carbocycles. The van der Waals surface area contributed by atoms with Gasteiger partial charge in [0.1, 0.15) is 12.2 Å². The monoisotopic (exact) mass is 524 g/mol. The third kappa shape index (κ3) is 6.43. The van der Waals surface area contributed by atoms with E-state index in [4.69, 9.17) is 11.6 Å². The molecule has 0 aliphatic heterocycles. The average Bonchev–Trinajstić information content (AvgIpc) is 3.19. The van der Waals surface area contributed by atoms with Crippen molar-refractivity contribution in [3.63, 3.8) is 0 Å². The Morgan fingerprint density at radius 1 is 1.10 bits per heavy atom. The van der Waals surface area contributed by atoms with E-state index >= 15 is 0 Å². The summed E-state index contributed by atoms with van der Waals surface area (Å²) >= 11 is 6.02. The molecule has 0 unspecified atom stereocenters. The zero-order chi connectivity index (χ0) is 19.8. The first kappa shape index (κ1) is 23.2. The number of nitrogens with one attached hydrogen (secondary N) is 2. The molecule has 0 fully saturated rings. The zero-order valence-electron chi connectivity index (χ0n) is 16.6. The first-order valence-corrected chi connectivity index (χ1v) is 9.74. The maximum atomic E-state index is 6.02. The summed E-state index contributed by atoms with van der Waals surface area (Å²) < 4.78 is 2.05. The summed E-state index contributed by atoms with van der Waals surface area (Å²) in [6.07, 6.45) is 2.63. The van der Waals surface area contributed by atoms with Crippen LogP contribution in [-0.2, 0) is 19.5 Å². The number of aryl methyl sites for hydroxylation is 1. The Hall–Kier alpha value is -2.13. The van der Waals surface area contributed by atoms with Gasteiger partial charge in [0.25, 0.3) is 0 Å². The summed E-state index contributed by atoms with van der Waals surface area (Å²) in [7, 11) is 1.77. The van der Waals surface area contributed by atoms with E-state index in [2.05, 4.69) is 49.4 Å². The van der Waals surface area contributed by atoms with Gasteiger partial charge in [0.05, 0.1) is 0 Å². The lowest BCUT2D eigenvalue weighted by Gasteiger charge is -2.15. The van der Waals surface area contributed by atoms with E-state index < -0.39 is 0 Å². The van der Waals surface area contributed by atoms with Gasteiger partial charge in [-0.3, -0.25) is 4.99 Å². The van der Waals surface area contributed by atoms with Crippen LogP contribution in [0, 0.1) is 0 Å². The van der Waals surface area contributed by atoms with Gasteiger partial charge in [0.2, 0.25) is 0 Å². The second-order valence-corrected chi connectivity index (χ2v) is 6.75. The van der Waals surface area contributed by atoms with E-state index in [1.165, 1.54) is 11.1 Å². The zero-order valence-corrected chi connectivity index (χ0v) is 19.7. The van der Waals surface area contributed by atoms with E-state index in [1.807, 2.05) is 36.4 Å². The number of guanidine groups is 1. The van der Waals surface area contributed by atoms with Gasteiger partial charge in [-0.25, -0.2) is 0 Å². The molecule has 0 atom stereocenters. The SMILES string of the molecule is CCc1nncn1CCNC(=NC)NCc1ccccc1-c1ccc(Cl)cc1.I. The lowest BCUT2D eigenvalue weighted by atomic mass is 10.00. The Bertz CT molecular complexity index is 923. The highest BCUT2D eigenvalue weighted by molar-refractivity contribution is 14.0. The predicted octanol–water partition coefficient (Wildman–Crippen LogP) is 4.14. The van der Waals surface area contributed by atoms with Gasteiger partial charge in [0, 0.05) is 38.1 Å². The first-order valence-electron chi connectivity index (χ1n) is 9.36. The van der Waals surface area contributed by atoms with Crippen LogP contribution < -0.4 is 10.6 Å². The molecule has 0 radical (unpaired) electrons. The molecule has 0 spiro atoms. The number of aliphatic imine (C=N–C) groups is 1. The van der Waals surface area contributed by atoms with Crippen molar-refractivity contribution in [3.8, 4) is 11.1 Å². The Labute approximate surface area is 193 Å². The molecule has 0 amide bonds. The number of benzene rings is 2. The van der Waals surface area contributed by atoms with Gasteiger partial charge in [-0.1, -0.05) is 54.9 Å². The van der Waals surface area contributed by atoms with Crippen molar-refractivity contribution in [2.45, 2.75) is 26.4 Å². The Morgan fingerprint density at radius 3 is 2.59 bits per heavy atom. The Kier molecular flexibility index (Phi) is 9.40. The molecular formula is C21H26ClIN6. The number of nitrogens with zero attached hydrogens (tertiary/aromatic N) is 4. The van der Waals surface area contributed by atoms with Crippen molar-refractivity contribution in [1.82, 2.24) is 25.4 Å². The smallest absolute Gasteiger partial charge is 0.191 e. The number of hydrogen-bond donors (Lipinski definition) is 2. The van der Waals surface area contributed by atoms with Crippen LogP contribution in [-0.4, -0.2) is 34.3 Å². The molecule has 1 heterocycles. The maximum absolute atomic E-state index is 6.02. The highest BCUT2D eigenvalue weighted by Gasteiger charge is 2.06. The third-order valence-corrected chi connectivity index (χ3v) is 4.75. The minimum atomic E-state index is 0. The van der Waals surface area contributed by atoms with Gasteiger partial charge in [-0.15, -0.1) is 34.2 Å². The fourth-order valence-electron chi connectivity index (χ4n) is 3.02. The second-order valence-electron chi connectivity index (χ2n) is 6.31. The largest absolute Gasteiger partial charge is 0.355 e. The van der Waals surface area contributed by atoms with Gasteiger partial charge >= 0.3 is 0 Å². The second kappa shape index (κ2) is 11.8. The molecule has 3 rings (SSSR count). The van der Waals surface area contributed by atoms with E-state index in [1.54, 1.807) is 13.4 Å². The lowest BCUT2D eigenvalue weighted by Crippen LogP contribution is -2.38. The molecule has 29 heavy (non-hydrogen) atoms. The van der Waals surface area contributed by atoms with Crippen LogP contribution in [0.2, 0.25) is 5.02 Å². The van der Waals surface area contributed by atoms with Crippen LogP contribution in [0.3, 0.4) is 0 Å². The summed E-state index contributed by atoms with van der Waals surface area (Å²) in [6.45, 7) is 4.28. The van der Waals surface area contributed by atoms with Crippen LogP contribution in [0.1, 0.15) is 18.3 Å². The first-order chi connectivity index (χ1) is 13.7. The molecule has 1 aromatic heterocycles. The van der Waals surface area contributed by atoms with Crippen LogP contribution in [0.25, 0.3) is 11.1 Å². The maximum Gasteiger partial charge on any atom is 0.191 e. The third-order valence-electron chi connectivity index (χ3n) is 4.50. The molecule has 2 N–H and O–H groups in total. The normalized spacial score (nSPS) is 11.1. The minimum absolute atomic E-state index is 0. The molecule has 0 aliphatic carbocycles. The Morgan fingerprint density at radius 2 is 1.86 bits per heavy atom. The number of aromatic nitrogens is 3. The fourth-order valence-corrected chi connectivity index (χ4v) is 3.15. The highest BCUT2D eigenvalue weighted by Crippen LogP contribution is 2.25. The standard InChI is InChI=1S/C21H25ClN6.HI/c1-3-20-27-26-15-28(20)13-12-24-21(23-2)25-14-17-6-4-5-7-19(17)16-8-10-18(22)11-9-16;/h4-11,15H,3,12-14H2,1-2H3,(H2,23,24,25);1H. The van der Waals surface area contributed by atoms with Crippen molar-refractivity contribution in [1.29, 1.82) is 0 Å². The quantitative estimate of drug-likeness (QED) is 0.277. The van der Waals surface area contributed by atoms with Crippen LogP contribution in [0.5, 0.6) is 0 Å². The van der Waals surface area contributed by atoms with Gasteiger partial charge < -0.3 is 15.2 Å². The number of halogens is 2. The van der Waals surface area contributed by atoms with E-state index in [9.17, 15) is 0 Å². The molecule has 154 valence electrons. The molecular weight excluding hydrogens is 499 g/mol. The van der Waals surface area contributed by atoms with Crippen molar-refractivity contribution in [2.75, 3.05) is 13.6 Å². The molecule has 0 saturated heterocycles. The molecule has 0 aliphatic rings. The summed E-state index contributed by atoms with van der Waals surface area (Å²) in [5.74, 6) is 1.75. The van der Waals surface area contributed by atoms with Crippen LogP contribution in [0.4, 0.5) is 0 Å².